The van der Waals surface area contributed by atoms with Crippen molar-refractivity contribution in [1.82, 2.24) is 4.57 Å². The minimum atomic E-state index is -4.36. The normalized spacial score (nSPS) is 23.5. The second-order valence-electron chi connectivity index (χ2n) is 6.68. The summed E-state index contributed by atoms with van der Waals surface area (Å²) in [5.74, 6) is 5.38. The van der Waals surface area contributed by atoms with Gasteiger partial charge in [-0.15, -0.1) is 0 Å². The Labute approximate surface area is 149 Å². The lowest BCUT2D eigenvalue weighted by atomic mass is 9.90. The zero-order valence-corrected chi connectivity index (χ0v) is 14.4. The van der Waals surface area contributed by atoms with Crippen molar-refractivity contribution in [1.29, 1.82) is 0 Å². The van der Waals surface area contributed by atoms with Crippen molar-refractivity contribution in [2.45, 2.75) is 57.2 Å². The first-order valence-electron chi connectivity index (χ1n) is 8.56. The van der Waals surface area contributed by atoms with Crippen molar-refractivity contribution < 1.29 is 17.6 Å². The third kappa shape index (κ3) is 3.96. The van der Waals surface area contributed by atoms with Crippen molar-refractivity contribution in [3.8, 4) is 11.8 Å². The maximum atomic E-state index is 14.3. The van der Waals surface area contributed by atoms with E-state index in [0.29, 0.717) is 23.0 Å². The van der Waals surface area contributed by atoms with Crippen LogP contribution in [0.5, 0.6) is 0 Å². The average Bonchev–Trinajstić information content (AvgIpc) is 2.88. The lowest BCUT2D eigenvalue weighted by Crippen LogP contribution is -2.41. The Balaban J connectivity index is 1.99. The number of anilines is 1. The van der Waals surface area contributed by atoms with Crippen LogP contribution in [-0.4, -0.2) is 29.0 Å². The van der Waals surface area contributed by atoms with Crippen LogP contribution in [-0.2, 0) is 6.54 Å². The highest BCUT2D eigenvalue weighted by Gasteiger charge is 2.31. The second kappa shape index (κ2) is 7.20. The van der Waals surface area contributed by atoms with Crippen LogP contribution in [0.3, 0.4) is 0 Å². The second-order valence-corrected chi connectivity index (χ2v) is 6.68. The Morgan fingerprint density at radius 1 is 1.31 bits per heavy atom. The Hall–Kier alpha value is -2.20. The zero-order valence-electron chi connectivity index (χ0n) is 14.4. The Morgan fingerprint density at radius 2 is 2.08 bits per heavy atom. The van der Waals surface area contributed by atoms with Gasteiger partial charge in [-0.2, -0.15) is 13.2 Å². The summed E-state index contributed by atoms with van der Waals surface area (Å²) in [6, 6.07) is 6.14. The minimum Gasteiger partial charge on any atom is -0.379 e. The molecule has 0 radical (unpaired) electrons. The molecule has 7 heteroatoms. The summed E-state index contributed by atoms with van der Waals surface area (Å²) >= 11 is 0. The number of nitrogens with one attached hydrogen (secondary N) is 1. The van der Waals surface area contributed by atoms with Crippen LogP contribution in [0.1, 0.15) is 31.9 Å². The fourth-order valence-corrected chi connectivity index (χ4v) is 3.50. The summed E-state index contributed by atoms with van der Waals surface area (Å²) in [5.41, 5.74) is 7.12. The first kappa shape index (κ1) is 18.6. The van der Waals surface area contributed by atoms with E-state index in [1.165, 1.54) is 0 Å². The summed E-state index contributed by atoms with van der Waals surface area (Å²) in [6.07, 6.45) is -3.85. The molecule has 2 aromatic rings. The first-order chi connectivity index (χ1) is 12.3. The molecule has 1 aromatic heterocycles. The molecule has 1 aliphatic carbocycles. The third-order valence-electron chi connectivity index (χ3n) is 4.69. The van der Waals surface area contributed by atoms with Gasteiger partial charge in [0.1, 0.15) is 12.7 Å². The van der Waals surface area contributed by atoms with Gasteiger partial charge in [-0.25, -0.2) is 4.39 Å². The quantitative estimate of drug-likeness (QED) is 0.631. The van der Waals surface area contributed by atoms with E-state index in [4.69, 9.17) is 5.73 Å². The number of alkyl halides is 4. The average molecular weight is 367 g/mol. The molecule has 26 heavy (non-hydrogen) atoms. The van der Waals surface area contributed by atoms with Crippen molar-refractivity contribution >= 4 is 16.6 Å². The minimum absolute atomic E-state index is 0.141. The molecule has 0 bridgehead atoms. The summed E-state index contributed by atoms with van der Waals surface area (Å²) in [6.45, 7) is 0.460. The van der Waals surface area contributed by atoms with E-state index in [9.17, 15) is 17.6 Å². The Morgan fingerprint density at radius 3 is 2.73 bits per heavy atom. The molecule has 1 aromatic carbocycles. The number of aromatic nitrogens is 1. The topological polar surface area (TPSA) is 43.0 Å². The van der Waals surface area contributed by atoms with Gasteiger partial charge in [0.05, 0.1) is 17.3 Å². The number of nitrogens with two attached hydrogens (primary N) is 1. The van der Waals surface area contributed by atoms with Crippen LogP contribution >= 0.6 is 0 Å². The van der Waals surface area contributed by atoms with Crippen molar-refractivity contribution in [2.24, 2.45) is 5.73 Å². The summed E-state index contributed by atoms with van der Waals surface area (Å²) < 4.78 is 54.4. The van der Waals surface area contributed by atoms with Gasteiger partial charge in [-0.1, -0.05) is 12.0 Å². The van der Waals surface area contributed by atoms with Crippen LogP contribution < -0.4 is 11.1 Å². The van der Waals surface area contributed by atoms with Crippen LogP contribution in [0.15, 0.2) is 24.3 Å². The molecule has 0 amide bonds. The Bertz CT molecular complexity index is 844. The number of halogens is 4. The molecule has 1 saturated carbocycles. The number of fused-ring (bicyclic) bond motifs is 1. The lowest BCUT2D eigenvalue weighted by molar-refractivity contribution is -0.140. The highest BCUT2D eigenvalue weighted by molar-refractivity contribution is 5.94. The smallest absolute Gasteiger partial charge is 0.379 e. The Kier molecular flexibility index (Phi) is 5.15. The van der Waals surface area contributed by atoms with Crippen LogP contribution in [0.4, 0.5) is 23.2 Å². The van der Waals surface area contributed by atoms with Gasteiger partial charge < -0.3 is 15.6 Å². The van der Waals surface area contributed by atoms with Gasteiger partial charge >= 0.3 is 6.18 Å². The number of hydrogen-bond acceptors (Lipinski definition) is 2. The molecule has 1 aliphatic rings. The number of benzene rings is 1. The van der Waals surface area contributed by atoms with Gasteiger partial charge in [0.25, 0.3) is 0 Å². The summed E-state index contributed by atoms with van der Waals surface area (Å²) in [4.78, 5) is 0. The third-order valence-corrected chi connectivity index (χ3v) is 4.69. The predicted octanol–water partition coefficient (Wildman–Crippen LogP) is 4.20. The standard InChI is InChI=1S/C19H21F4N3/c1-2-4-13-10-14-16(25-17-8-7-12(24)9-15(17)20)5-3-6-18(14)26(13)11-19(21,22)23/h3,5-6,10,12,15,17,25H,7-9,11,24H2,1H3. The lowest BCUT2D eigenvalue weighted by Gasteiger charge is -2.31. The highest BCUT2D eigenvalue weighted by atomic mass is 19.4. The van der Waals surface area contributed by atoms with E-state index in [1.807, 2.05) is 0 Å². The fraction of sp³-hybridized carbons (Fsp3) is 0.474. The maximum Gasteiger partial charge on any atom is 0.406 e. The van der Waals surface area contributed by atoms with Gasteiger partial charge in [0.15, 0.2) is 0 Å². The predicted molar refractivity (Wildman–Crippen MR) is 94.7 cm³/mol. The molecule has 0 aliphatic heterocycles. The number of nitrogens with zero attached hydrogens (tertiary/aromatic N) is 1. The molecule has 3 unspecified atom stereocenters. The van der Waals surface area contributed by atoms with E-state index < -0.39 is 24.9 Å². The summed E-state index contributed by atoms with van der Waals surface area (Å²) in [7, 11) is 0. The molecule has 140 valence electrons. The molecule has 3 N–H and O–H groups in total. The monoisotopic (exact) mass is 367 g/mol. The number of rotatable bonds is 3. The molecule has 3 atom stereocenters. The molecule has 3 nitrogen and oxygen atoms in total. The van der Waals surface area contributed by atoms with Crippen LogP contribution in [0.25, 0.3) is 10.9 Å². The zero-order chi connectivity index (χ0) is 18.9. The van der Waals surface area contributed by atoms with Crippen molar-refractivity contribution in [3.05, 3.63) is 30.0 Å². The van der Waals surface area contributed by atoms with Gasteiger partial charge in [0, 0.05) is 17.1 Å². The van der Waals surface area contributed by atoms with E-state index in [-0.39, 0.29) is 18.2 Å². The van der Waals surface area contributed by atoms with E-state index in [1.54, 1.807) is 31.2 Å². The van der Waals surface area contributed by atoms with E-state index in [0.717, 1.165) is 11.0 Å². The molecule has 3 rings (SSSR count). The van der Waals surface area contributed by atoms with Gasteiger partial charge in [-0.05, 0) is 50.3 Å². The first-order valence-corrected chi connectivity index (χ1v) is 8.56. The molecule has 1 heterocycles. The maximum absolute atomic E-state index is 14.3. The fourth-order valence-electron chi connectivity index (χ4n) is 3.50. The van der Waals surface area contributed by atoms with Gasteiger partial charge in [0.2, 0.25) is 0 Å². The summed E-state index contributed by atoms with van der Waals surface area (Å²) in [5, 5.41) is 3.77. The molecule has 0 saturated heterocycles. The largest absolute Gasteiger partial charge is 0.406 e. The van der Waals surface area contributed by atoms with E-state index in [2.05, 4.69) is 17.2 Å². The number of hydrogen-bond donors (Lipinski definition) is 2. The van der Waals surface area contributed by atoms with Gasteiger partial charge in [-0.3, -0.25) is 0 Å². The van der Waals surface area contributed by atoms with Crippen molar-refractivity contribution in [3.63, 3.8) is 0 Å². The highest BCUT2D eigenvalue weighted by Crippen LogP contribution is 2.32. The molecule has 0 spiro atoms. The van der Waals surface area contributed by atoms with Crippen LogP contribution in [0.2, 0.25) is 0 Å². The molecule has 1 fully saturated rings. The van der Waals surface area contributed by atoms with Crippen LogP contribution in [0, 0.1) is 11.8 Å². The molecular weight excluding hydrogens is 346 g/mol. The van der Waals surface area contributed by atoms with Crippen molar-refractivity contribution in [2.75, 3.05) is 5.32 Å². The SMILES string of the molecule is CC#Cc1cc2c(NC3CCC(N)CC3F)cccc2n1CC(F)(F)F. The van der Waals surface area contributed by atoms with E-state index >= 15 is 0 Å². The molecular formula is C19H21F4N3.